The lowest BCUT2D eigenvalue weighted by Crippen LogP contribution is -2.40. The number of hydroxylamine groups is 2. The number of para-hydroxylation sites is 1. The maximum Gasteiger partial charge on any atom is 0.196 e. The van der Waals surface area contributed by atoms with Gasteiger partial charge in [-0.25, -0.2) is 0 Å². The molecule has 3 aliphatic rings. The number of ether oxygens (including phenoxy) is 1. The fraction of sp³-hybridized carbons (Fsp3) is 0.500. The molecule has 1 aromatic heterocycles. The number of benzene rings is 2. The highest BCUT2D eigenvalue weighted by molar-refractivity contribution is 5.83. The van der Waals surface area contributed by atoms with Gasteiger partial charge >= 0.3 is 0 Å². The van der Waals surface area contributed by atoms with Gasteiger partial charge in [-0.2, -0.15) is 0 Å². The van der Waals surface area contributed by atoms with Gasteiger partial charge in [0, 0.05) is 54.7 Å². The Labute approximate surface area is 201 Å². The predicted molar refractivity (Wildman–Crippen MR) is 133 cm³/mol. The van der Waals surface area contributed by atoms with Gasteiger partial charge in [-0.15, -0.1) is 0 Å². The molecular weight excluding hydrogens is 426 g/mol. The molecule has 0 amide bonds. The maximum atomic E-state index is 6.03. The van der Waals surface area contributed by atoms with E-state index < -0.39 is 0 Å². The molecule has 1 fully saturated rings. The molecular formula is C28H35N3O3. The molecule has 3 aromatic rings. The van der Waals surface area contributed by atoms with Gasteiger partial charge in [0.15, 0.2) is 11.5 Å². The van der Waals surface area contributed by atoms with Crippen LogP contribution in [0.5, 0.6) is 11.5 Å². The third-order valence-electron chi connectivity index (χ3n) is 7.68. The van der Waals surface area contributed by atoms with E-state index in [0.717, 1.165) is 75.9 Å². The van der Waals surface area contributed by atoms with Gasteiger partial charge in [0.2, 0.25) is 0 Å². The van der Waals surface area contributed by atoms with Gasteiger partial charge in [-0.05, 0) is 79.3 Å². The molecule has 1 N–H and O–H groups in total. The lowest BCUT2D eigenvalue weighted by atomic mass is 9.87. The van der Waals surface area contributed by atoms with E-state index in [4.69, 9.17) is 14.4 Å². The summed E-state index contributed by atoms with van der Waals surface area (Å²) in [7, 11) is 0. The zero-order valence-electron chi connectivity index (χ0n) is 20.1. The second kappa shape index (κ2) is 9.61. The standard InChI is InChI=1S/C28H35N3O3/c1-2-12-31-33-27-16-21-9-13-30(19-20-10-14-32-15-11-20)26(24(21)17-28(27)34-31)8-7-22-18-29-25-6-4-3-5-23(22)25/h3-6,16-18,20,26,29H,2,7-15,19H2,1H3. The van der Waals surface area contributed by atoms with E-state index >= 15 is 0 Å². The molecule has 6 rings (SSSR count). The number of rotatable bonds is 7. The molecule has 4 heterocycles. The number of aromatic nitrogens is 1. The quantitative estimate of drug-likeness (QED) is 0.508. The van der Waals surface area contributed by atoms with Crippen molar-refractivity contribution in [2.75, 3.05) is 32.8 Å². The molecule has 2 aromatic carbocycles. The SMILES string of the molecule is CCCN1Oc2cc3c(cc2O1)C(CCc1c[nH]c2ccccc12)N(CC1CCOCC1)CC3. The summed E-state index contributed by atoms with van der Waals surface area (Å²) in [6.07, 6.45) is 8.73. The molecule has 3 aliphatic heterocycles. The first-order valence-electron chi connectivity index (χ1n) is 13.0. The minimum Gasteiger partial charge on any atom is -0.381 e. The second-order valence-corrected chi connectivity index (χ2v) is 9.95. The number of nitrogens with zero attached hydrogens (tertiary/aromatic N) is 2. The lowest BCUT2D eigenvalue weighted by Gasteiger charge is -2.40. The molecule has 1 unspecified atom stereocenters. The molecule has 1 saturated heterocycles. The Kier molecular flexibility index (Phi) is 6.20. The lowest BCUT2D eigenvalue weighted by molar-refractivity contribution is -0.225. The fourth-order valence-electron chi connectivity index (χ4n) is 5.86. The molecule has 180 valence electrons. The largest absolute Gasteiger partial charge is 0.381 e. The van der Waals surface area contributed by atoms with Crippen molar-refractivity contribution in [3.05, 3.63) is 59.3 Å². The summed E-state index contributed by atoms with van der Waals surface area (Å²) in [6.45, 7) is 6.95. The number of aryl methyl sites for hydroxylation is 1. The number of aromatic amines is 1. The summed E-state index contributed by atoms with van der Waals surface area (Å²) in [5.74, 6) is 2.44. The molecule has 0 saturated carbocycles. The van der Waals surface area contributed by atoms with Crippen LogP contribution in [-0.2, 0) is 17.6 Å². The summed E-state index contributed by atoms with van der Waals surface area (Å²) >= 11 is 0. The van der Waals surface area contributed by atoms with E-state index in [1.165, 1.54) is 40.4 Å². The van der Waals surface area contributed by atoms with Crippen molar-refractivity contribution in [2.45, 2.75) is 51.5 Å². The molecule has 6 nitrogen and oxygen atoms in total. The minimum absolute atomic E-state index is 0.384. The van der Waals surface area contributed by atoms with Crippen LogP contribution in [0.15, 0.2) is 42.6 Å². The molecule has 0 bridgehead atoms. The summed E-state index contributed by atoms with van der Waals surface area (Å²) < 4.78 is 5.63. The van der Waals surface area contributed by atoms with Crippen molar-refractivity contribution in [3.63, 3.8) is 0 Å². The van der Waals surface area contributed by atoms with Gasteiger partial charge in [0.05, 0.1) is 6.54 Å². The Morgan fingerprint density at radius 2 is 1.88 bits per heavy atom. The predicted octanol–water partition coefficient (Wildman–Crippen LogP) is 5.44. The molecule has 1 atom stereocenters. The van der Waals surface area contributed by atoms with Crippen molar-refractivity contribution in [3.8, 4) is 11.5 Å². The number of nitrogens with one attached hydrogen (secondary N) is 1. The first-order chi connectivity index (χ1) is 16.8. The van der Waals surface area contributed by atoms with Crippen LogP contribution in [0.1, 0.15) is 55.3 Å². The van der Waals surface area contributed by atoms with Crippen LogP contribution in [0, 0.1) is 5.92 Å². The summed E-state index contributed by atoms with van der Waals surface area (Å²) in [4.78, 5) is 18.2. The van der Waals surface area contributed by atoms with E-state index in [1.807, 2.05) is 0 Å². The Bertz CT molecular complexity index is 1140. The first-order valence-corrected chi connectivity index (χ1v) is 13.0. The van der Waals surface area contributed by atoms with Crippen LogP contribution in [0.2, 0.25) is 0 Å². The summed E-state index contributed by atoms with van der Waals surface area (Å²) in [6, 6.07) is 13.5. The number of fused-ring (bicyclic) bond motifs is 3. The zero-order chi connectivity index (χ0) is 22.9. The number of H-pyrrole nitrogens is 1. The highest BCUT2D eigenvalue weighted by Gasteiger charge is 2.33. The second-order valence-electron chi connectivity index (χ2n) is 9.95. The van der Waals surface area contributed by atoms with Crippen molar-refractivity contribution in [2.24, 2.45) is 5.92 Å². The molecule has 6 heteroatoms. The molecule has 0 radical (unpaired) electrons. The molecule has 0 spiro atoms. The van der Waals surface area contributed by atoms with E-state index in [1.54, 1.807) is 5.23 Å². The maximum absolute atomic E-state index is 6.03. The number of hydrogen-bond acceptors (Lipinski definition) is 5. The summed E-state index contributed by atoms with van der Waals surface area (Å²) in [5.41, 5.74) is 5.45. The van der Waals surface area contributed by atoms with Crippen LogP contribution in [-0.4, -0.2) is 48.0 Å². The Hall–Kier alpha value is -2.54. The average Bonchev–Trinajstić information content (AvgIpc) is 3.46. The third kappa shape index (κ3) is 4.30. The van der Waals surface area contributed by atoms with E-state index in [9.17, 15) is 0 Å². The van der Waals surface area contributed by atoms with Gasteiger partial charge < -0.3 is 19.4 Å². The van der Waals surface area contributed by atoms with Crippen LogP contribution in [0.3, 0.4) is 0 Å². The number of hydrogen-bond donors (Lipinski definition) is 1. The zero-order valence-corrected chi connectivity index (χ0v) is 20.1. The van der Waals surface area contributed by atoms with Gasteiger partial charge in [0.1, 0.15) is 0 Å². The van der Waals surface area contributed by atoms with Crippen molar-refractivity contribution >= 4 is 10.9 Å². The van der Waals surface area contributed by atoms with Crippen LogP contribution < -0.4 is 9.68 Å². The summed E-state index contributed by atoms with van der Waals surface area (Å²) in [5, 5.41) is 2.96. The van der Waals surface area contributed by atoms with Crippen LogP contribution in [0.25, 0.3) is 10.9 Å². The Morgan fingerprint density at radius 3 is 2.74 bits per heavy atom. The third-order valence-corrected chi connectivity index (χ3v) is 7.68. The van der Waals surface area contributed by atoms with E-state index in [0.29, 0.717) is 6.04 Å². The normalized spacial score (nSPS) is 21.3. The molecule has 34 heavy (non-hydrogen) atoms. The average molecular weight is 462 g/mol. The van der Waals surface area contributed by atoms with E-state index in [-0.39, 0.29) is 0 Å². The molecule has 0 aliphatic carbocycles. The topological polar surface area (TPSA) is 50.0 Å². The smallest absolute Gasteiger partial charge is 0.196 e. The van der Waals surface area contributed by atoms with Gasteiger partial charge in [-0.1, -0.05) is 25.1 Å². The van der Waals surface area contributed by atoms with Crippen molar-refractivity contribution < 1.29 is 14.4 Å². The van der Waals surface area contributed by atoms with E-state index in [2.05, 4.69) is 59.4 Å². The first kappa shape index (κ1) is 22.0. The Balaban J connectivity index is 1.28. The highest BCUT2D eigenvalue weighted by Crippen LogP contribution is 2.43. The van der Waals surface area contributed by atoms with Gasteiger partial charge in [0.25, 0.3) is 0 Å². The highest BCUT2D eigenvalue weighted by atomic mass is 17.0. The van der Waals surface area contributed by atoms with Crippen LogP contribution >= 0.6 is 0 Å². The fourth-order valence-corrected chi connectivity index (χ4v) is 5.86. The van der Waals surface area contributed by atoms with Gasteiger partial charge in [-0.3, -0.25) is 4.90 Å². The Morgan fingerprint density at radius 1 is 1.06 bits per heavy atom. The monoisotopic (exact) mass is 461 g/mol. The van der Waals surface area contributed by atoms with Crippen molar-refractivity contribution in [1.82, 2.24) is 15.1 Å². The van der Waals surface area contributed by atoms with Crippen molar-refractivity contribution in [1.29, 1.82) is 0 Å². The van der Waals surface area contributed by atoms with Crippen LogP contribution in [0.4, 0.5) is 0 Å². The minimum atomic E-state index is 0.384.